The minimum absolute atomic E-state index is 0.332. The molecule has 2 rings (SSSR count). The number of rotatable bonds is 6. The van der Waals surface area contributed by atoms with Gasteiger partial charge in [-0.05, 0) is 39.6 Å². The first-order chi connectivity index (χ1) is 10.1. The molecule has 1 unspecified atom stereocenters. The van der Waals surface area contributed by atoms with Gasteiger partial charge in [-0.2, -0.15) is 0 Å². The molecule has 2 heterocycles. The van der Waals surface area contributed by atoms with Crippen molar-refractivity contribution in [1.29, 1.82) is 0 Å². The van der Waals surface area contributed by atoms with E-state index in [1.165, 1.54) is 24.2 Å². The highest BCUT2D eigenvalue weighted by atomic mass is 32.2. The van der Waals surface area contributed by atoms with Crippen molar-refractivity contribution in [2.24, 2.45) is 0 Å². The van der Waals surface area contributed by atoms with E-state index in [1.807, 2.05) is 6.26 Å². The lowest BCUT2D eigenvalue weighted by Crippen LogP contribution is -2.31. The van der Waals surface area contributed by atoms with Crippen molar-refractivity contribution in [3.05, 3.63) is 4.88 Å². The molecule has 7 heteroatoms. The number of hydrogen-bond donors (Lipinski definition) is 2. The summed E-state index contributed by atoms with van der Waals surface area (Å²) in [7, 11) is 2.15. The molecule has 1 atom stereocenters. The topological polar surface area (TPSA) is 67.6 Å². The van der Waals surface area contributed by atoms with Gasteiger partial charge in [-0.25, -0.2) is 4.79 Å². The highest BCUT2D eigenvalue weighted by molar-refractivity contribution is 7.99. The number of hydrogen-bond acceptors (Lipinski definition) is 7. The zero-order valence-corrected chi connectivity index (χ0v) is 14.4. The van der Waals surface area contributed by atoms with E-state index in [9.17, 15) is 4.79 Å². The Labute approximate surface area is 134 Å². The number of nitrogen functional groups attached to an aromatic ring is 1. The van der Waals surface area contributed by atoms with Crippen LogP contribution in [0.3, 0.4) is 0 Å². The Morgan fingerprint density at radius 1 is 1.62 bits per heavy atom. The molecule has 1 aromatic heterocycles. The SMILES string of the molecule is CCOC(=O)c1sc(NCC2CCCN2C)c(SC)c1N. The molecule has 0 amide bonds. The lowest BCUT2D eigenvalue weighted by atomic mass is 10.2. The van der Waals surface area contributed by atoms with Crippen LogP contribution in [0.4, 0.5) is 10.7 Å². The molecular weight excluding hydrogens is 306 g/mol. The number of likely N-dealkylation sites (N-methyl/N-ethyl adjacent to an activating group) is 1. The van der Waals surface area contributed by atoms with Gasteiger partial charge in [0.05, 0.1) is 17.2 Å². The number of carbonyl (C=O) groups excluding carboxylic acids is 1. The summed E-state index contributed by atoms with van der Waals surface area (Å²) < 4.78 is 5.06. The number of ether oxygens (including phenoxy) is 1. The van der Waals surface area contributed by atoms with Crippen LogP contribution in [0.15, 0.2) is 4.90 Å². The molecule has 1 aliphatic heterocycles. The summed E-state index contributed by atoms with van der Waals surface area (Å²) in [5.74, 6) is -0.332. The van der Waals surface area contributed by atoms with Crippen LogP contribution in [0.5, 0.6) is 0 Å². The fraction of sp³-hybridized carbons (Fsp3) is 0.643. The number of nitrogens with two attached hydrogens (primary N) is 1. The van der Waals surface area contributed by atoms with Gasteiger partial charge in [0.1, 0.15) is 9.88 Å². The Morgan fingerprint density at radius 3 is 2.95 bits per heavy atom. The van der Waals surface area contributed by atoms with Crippen molar-refractivity contribution in [1.82, 2.24) is 4.90 Å². The van der Waals surface area contributed by atoms with E-state index < -0.39 is 0 Å². The van der Waals surface area contributed by atoms with E-state index in [1.54, 1.807) is 18.7 Å². The number of likely N-dealkylation sites (tertiary alicyclic amines) is 1. The van der Waals surface area contributed by atoms with Crippen LogP contribution in [0, 0.1) is 0 Å². The van der Waals surface area contributed by atoms with Crippen LogP contribution < -0.4 is 11.1 Å². The summed E-state index contributed by atoms with van der Waals surface area (Å²) in [6, 6.07) is 0.550. The molecular formula is C14H23N3O2S2. The highest BCUT2D eigenvalue weighted by Gasteiger charge is 2.24. The van der Waals surface area contributed by atoms with Crippen LogP contribution in [0.2, 0.25) is 0 Å². The molecule has 118 valence electrons. The second kappa shape index (κ2) is 7.38. The summed E-state index contributed by atoms with van der Waals surface area (Å²) >= 11 is 2.96. The normalized spacial score (nSPS) is 18.9. The lowest BCUT2D eigenvalue weighted by Gasteiger charge is -2.20. The number of nitrogens with zero attached hydrogens (tertiary/aromatic N) is 1. The van der Waals surface area contributed by atoms with Gasteiger partial charge in [0.25, 0.3) is 0 Å². The van der Waals surface area contributed by atoms with Crippen LogP contribution in [0.1, 0.15) is 29.4 Å². The molecule has 0 aliphatic carbocycles. The first kappa shape index (κ1) is 16.5. The van der Waals surface area contributed by atoms with Gasteiger partial charge in [-0.3, -0.25) is 0 Å². The maximum atomic E-state index is 11.9. The Balaban J connectivity index is 2.11. The number of thiophene rings is 1. The molecule has 1 aliphatic rings. The van der Waals surface area contributed by atoms with E-state index >= 15 is 0 Å². The first-order valence-electron chi connectivity index (χ1n) is 7.16. The molecule has 3 N–H and O–H groups in total. The largest absolute Gasteiger partial charge is 0.462 e. The van der Waals surface area contributed by atoms with Gasteiger partial charge in [0.2, 0.25) is 0 Å². The summed E-state index contributed by atoms with van der Waals surface area (Å²) in [6.45, 7) is 4.20. The van der Waals surface area contributed by atoms with Gasteiger partial charge >= 0.3 is 5.97 Å². The molecule has 1 aromatic rings. The molecule has 1 saturated heterocycles. The van der Waals surface area contributed by atoms with Crippen LogP contribution >= 0.6 is 23.1 Å². The molecule has 0 bridgehead atoms. The summed E-state index contributed by atoms with van der Waals surface area (Å²) in [4.78, 5) is 15.7. The summed E-state index contributed by atoms with van der Waals surface area (Å²) in [5, 5.41) is 4.44. The van der Waals surface area contributed by atoms with Crippen molar-refractivity contribution >= 4 is 39.8 Å². The maximum absolute atomic E-state index is 11.9. The number of carbonyl (C=O) groups is 1. The smallest absolute Gasteiger partial charge is 0.350 e. The number of anilines is 2. The quantitative estimate of drug-likeness (QED) is 0.618. The maximum Gasteiger partial charge on any atom is 0.350 e. The first-order valence-corrected chi connectivity index (χ1v) is 9.20. The van der Waals surface area contributed by atoms with Crippen molar-refractivity contribution in [2.45, 2.75) is 30.7 Å². The van der Waals surface area contributed by atoms with E-state index in [0.29, 0.717) is 23.2 Å². The fourth-order valence-corrected chi connectivity index (χ4v) is 4.48. The van der Waals surface area contributed by atoms with Crippen LogP contribution in [0.25, 0.3) is 0 Å². The van der Waals surface area contributed by atoms with Crippen LogP contribution in [-0.2, 0) is 4.74 Å². The lowest BCUT2D eigenvalue weighted by molar-refractivity contribution is 0.0533. The van der Waals surface area contributed by atoms with E-state index in [0.717, 1.165) is 23.0 Å². The number of nitrogens with one attached hydrogen (secondary N) is 1. The minimum Gasteiger partial charge on any atom is -0.462 e. The molecule has 1 fully saturated rings. The molecule has 0 aromatic carbocycles. The van der Waals surface area contributed by atoms with E-state index in [2.05, 4.69) is 17.3 Å². The second-order valence-corrected chi connectivity index (χ2v) is 6.92. The van der Waals surface area contributed by atoms with Crippen molar-refractivity contribution < 1.29 is 9.53 Å². The fourth-order valence-electron chi connectivity index (χ4n) is 2.54. The van der Waals surface area contributed by atoms with E-state index in [-0.39, 0.29) is 5.97 Å². The Hall–Kier alpha value is -0.920. The van der Waals surface area contributed by atoms with Gasteiger partial charge in [0, 0.05) is 12.6 Å². The molecule has 0 spiro atoms. The van der Waals surface area contributed by atoms with Crippen molar-refractivity contribution in [3.63, 3.8) is 0 Å². The second-order valence-electron chi connectivity index (χ2n) is 5.09. The molecule has 0 radical (unpaired) electrons. The Kier molecular flexibility index (Phi) is 5.78. The third kappa shape index (κ3) is 3.64. The molecule has 21 heavy (non-hydrogen) atoms. The monoisotopic (exact) mass is 329 g/mol. The number of thioether (sulfide) groups is 1. The molecule has 5 nitrogen and oxygen atoms in total. The van der Waals surface area contributed by atoms with Crippen molar-refractivity contribution in [3.8, 4) is 0 Å². The summed E-state index contributed by atoms with van der Waals surface area (Å²) in [6.07, 6.45) is 4.43. The van der Waals surface area contributed by atoms with Crippen LogP contribution in [-0.4, -0.2) is 49.9 Å². The van der Waals surface area contributed by atoms with Gasteiger partial charge in [0.15, 0.2) is 0 Å². The van der Waals surface area contributed by atoms with E-state index in [4.69, 9.17) is 10.5 Å². The van der Waals surface area contributed by atoms with Gasteiger partial charge < -0.3 is 20.7 Å². The third-order valence-electron chi connectivity index (χ3n) is 3.73. The predicted octanol–water partition coefficient (Wildman–Crippen LogP) is 2.74. The predicted molar refractivity (Wildman–Crippen MR) is 90.6 cm³/mol. The number of esters is 1. The Bertz CT molecular complexity index is 505. The molecule has 0 saturated carbocycles. The standard InChI is InChI=1S/C14H23N3O2S2/c1-4-19-14(18)12-10(15)11(20-3)13(21-12)16-8-9-6-5-7-17(9)2/h9,16H,4-8,15H2,1-3H3. The van der Waals surface area contributed by atoms with Gasteiger partial charge in [-0.15, -0.1) is 23.1 Å². The average molecular weight is 329 g/mol. The third-order valence-corrected chi connectivity index (χ3v) is 5.84. The summed E-state index contributed by atoms with van der Waals surface area (Å²) in [5.41, 5.74) is 6.63. The zero-order valence-electron chi connectivity index (χ0n) is 12.8. The zero-order chi connectivity index (χ0) is 15.4. The average Bonchev–Trinajstić information content (AvgIpc) is 3.00. The highest BCUT2D eigenvalue weighted by Crippen LogP contribution is 2.42. The minimum atomic E-state index is -0.332. The Morgan fingerprint density at radius 2 is 2.38 bits per heavy atom. The van der Waals surface area contributed by atoms with Crippen molar-refractivity contribution in [2.75, 3.05) is 44.1 Å². The van der Waals surface area contributed by atoms with Gasteiger partial charge in [-0.1, -0.05) is 0 Å².